The molecule has 0 aliphatic rings. The summed E-state index contributed by atoms with van der Waals surface area (Å²) < 4.78 is 0. The first-order chi connectivity index (χ1) is 10.4. The van der Waals surface area contributed by atoms with Crippen LogP contribution in [-0.2, 0) is 9.59 Å². The molecule has 0 unspecified atom stereocenters. The lowest BCUT2D eigenvalue weighted by atomic mass is 10.1. The number of carbonyl (C=O) groups excluding carboxylic acids is 1. The molecule has 0 spiro atoms. The molecule has 1 rings (SSSR count). The van der Waals surface area contributed by atoms with Crippen LogP contribution >= 0.6 is 24.0 Å². The van der Waals surface area contributed by atoms with Gasteiger partial charge in [0.15, 0.2) is 5.12 Å². The maximum atomic E-state index is 11.2. The van der Waals surface area contributed by atoms with Crippen molar-refractivity contribution < 1.29 is 14.7 Å². The fourth-order valence-electron chi connectivity index (χ4n) is 1.59. The number of rotatable bonds is 8. The van der Waals surface area contributed by atoms with E-state index >= 15 is 0 Å². The van der Waals surface area contributed by atoms with Gasteiger partial charge in [-0.05, 0) is 31.0 Å². The molecule has 0 bridgehead atoms. The van der Waals surface area contributed by atoms with Gasteiger partial charge in [-0.1, -0.05) is 12.2 Å². The second-order valence-electron chi connectivity index (χ2n) is 4.50. The minimum atomic E-state index is -0.992. The molecular weight excluding hydrogens is 324 g/mol. The van der Waals surface area contributed by atoms with E-state index < -0.39 is 12.0 Å². The molecule has 0 aliphatic heterocycles. The normalized spacial score (nSPS) is 11.7. The fourth-order valence-corrected chi connectivity index (χ4v) is 2.54. The summed E-state index contributed by atoms with van der Waals surface area (Å²) in [5.74, 6) is -0.992. The van der Waals surface area contributed by atoms with Gasteiger partial charge in [0.25, 0.3) is 0 Å². The van der Waals surface area contributed by atoms with Crippen LogP contribution in [0.3, 0.4) is 0 Å². The number of carbonyl (C=O) groups is 2. The summed E-state index contributed by atoms with van der Waals surface area (Å²) in [5, 5.41) is 12.1. The highest BCUT2D eigenvalue weighted by Crippen LogP contribution is 2.19. The molecule has 1 aromatic rings. The number of aromatic nitrogens is 2. The van der Waals surface area contributed by atoms with Crippen molar-refractivity contribution in [3.05, 3.63) is 18.1 Å². The molecule has 0 radical (unpaired) electrons. The molecule has 1 aromatic heterocycles. The van der Waals surface area contributed by atoms with E-state index in [4.69, 9.17) is 23.1 Å². The van der Waals surface area contributed by atoms with Crippen molar-refractivity contribution in [2.45, 2.75) is 37.3 Å². The number of aliphatic carboxylic acids is 1. The predicted molar refractivity (Wildman–Crippen MR) is 87.7 cm³/mol. The molecule has 1 atom stereocenters. The zero-order chi connectivity index (χ0) is 16.5. The predicted octanol–water partition coefficient (Wildman–Crippen LogP) is 0.962. The first-order valence-electron chi connectivity index (χ1n) is 6.67. The molecule has 0 fully saturated rings. The number of nitrogens with two attached hydrogens (primary N) is 1. The van der Waals surface area contributed by atoms with E-state index in [1.54, 1.807) is 0 Å². The lowest BCUT2D eigenvalue weighted by Gasteiger charge is -2.10. The van der Waals surface area contributed by atoms with Crippen LogP contribution in [0.25, 0.3) is 0 Å². The number of nitrogens with one attached hydrogen (secondary N) is 1. The maximum absolute atomic E-state index is 11.2. The van der Waals surface area contributed by atoms with Crippen LogP contribution in [0.4, 0.5) is 0 Å². The number of thioether (sulfide) groups is 1. The van der Waals surface area contributed by atoms with Crippen molar-refractivity contribution in [2.75, 3.05) is 6.54 Å². The zero-order valence-electron chi connectivity index (χ0n) is 12.1. The van der Waals surface area contributed by atoms with E-state index in [1.165, 1.54) is 19.3 Å². The van der Waals surface area contributed by atoms with Gasteiger partial charge >= 0.3 is 5.97 Å². The van der Waals surface area contributed by atoms with Crippen molar-refractivity contribution in [2.24, 2.45) is 5.73 Å². The molecule has 22 heavy (non-hydrogen) atoms. The third-order valence-electron chi connectivity index (χ3n) is 2.66. The number of unbranched alkanes of at least 4 members (excludes halogenated alkanes) is 1. The summed E-state index contributed by atoms with van der Waals surface area (Å²) in [7, 11) is 0. The Kier molecular flexibility index (Phi) is 7.92. The van der Waals surface area contributed by atoms with Crippen LogP contribution in [0.15, 0.2) is 17.4 Å². The van der Waals surface area contributed by atoms with Crippen LogP contribution in [0.2, 0.25) is 0 Å². The smallest absolute Gasteiger partial charge is 0.320 e. The van der Waals surface area contributed by atoms with Crippen molar-refractivity contribution in [3.63, 3.8) is 0 Å². The number of nitrogens with zero attached hydrogens (tertiary/aromatic N) is 2. The van der Waals surface area contributed by atoms with Crippen LogP contribution in [0.5, 0.6) is 0 Å². The second-order valence-corrected chi connectivity index (χ2v) is 6.07. The molecule has 7 nitrogen and oxygen atoms in total. The maximum Gasteiger partial charge on any atom is 0.320 e. The van der Waals surface area contributed by atoms with Gasteiger partial charge in [0.05, 0.1) is 0 Å². The molecule has 1 heterocycles. The van der Waals surface area contributed by atoms with Crippen LogP contribution in [-0.4, -0.2) is 43.7 Å². The van der Waals surface area contributed by atoms with Gasteiger partial charge in [-0.2, -0.15) is 0 Å². The van der Waals surface area contributed by atoms with Gasteiger partial charge in [-0.3, -0.25) is 9.59 Å². The fraction of sp³-hybridized carbons (Fsp3) is 0.462. The quantitative estimate of drug-likeness (QED) is 0.360. The van der Waals surface area contributed by atoms with Gasteiger partial charge in [0.2, 0.25) is 0 Å². The minimum absolute atomic E-state index is 0.0905. The molecular formula is C13H18N4O3S2. The molecule has 0 aromatic carbocycles. The number of carboxylic acids is 1. The monoisotopic (exact) mass is 342 g/mol. The Hall–Kier alpha value is -1.58. The van der Waals surface area contributed by atoms with Crippen molar-refractivity contribution in [1.82, 2.24) is 15.3 Å². The van der Waals surface area contributed by atoms with E-state index in [-0.39, 0.29) is 5.12 Å². The molecule has 4 N–H and O–H groups in total. The van der Waals surface area contributed by atoms with Crippen molar-refractivity contribution in [3.8, 4) is 0 Å². The summed E-state index contributed by atoms with van der Waals surface area (Å²) in [5.41, 5.74) is 5.89. The molecule has 0 amide bonds. The van der Waals surface area contributed by atoms with Crippen molar-refractivity contribution >= 4 is 40.1 Å². The molecule has 0 saturated carbocycles. The number of hydrogen-bond donors (Lipinski definition) is 3. The Labute approximate surface area is 138 Å². The Bertz CT molecular complexity index is 554. The standard InChI is InChI=1S/C13H18N4O3S2/c1-8(18)22-12-10(15-6-7-17-12)11(21)16-5-3-2-4-9(14)13(19)20/h6-7,9H,2-5,14H2,1H3,(H,16,21)(H,19,20)/t9-/m0/s1. The number of thiocarbonyl (C=S) groups is 1. The van der Waals surface area contributed by atoms with E-state index in [2.05, 4.69) is 15.3 Å². The first-order valence-corrected chi connectivity index (χ1v) is 7.90. The third-order valence-corrected chi connectivity index (χ3v) is 3.78. The lowest BCUT2D eigenvalue weighted by Crippen LogP contribution is -2.30. The number of hydrogen-bond acceptors (Lipinski definition) is 7. The Morgan fingerprint density at radius 1 is 1.41 bits per heavy atom. The van der Waals surface area contributed by atoms with Gasteiger partial charge in [0, 0.05) is 25.9 Å². The highest BCUT2D eigenvalue weighted by Gasteiger charge is 2.13. The van der Waals surface area contributed by atoms with Gasteiger partial charge in [-0.15, -0.1) is 0 Å². The van der Waals surface area contributed by atoms with E-state index in [1.807, 2.05) is 0 Å². The average molecular weight is 342 g/mol. The Morgan fingerprint density at radius 2 is 2.09 bits per heavy atom. The average Bonchev–Trinajstić information content (AvgIpc) is 2.46. The Morgan fingerprint density at radius 3 is 2.73 bits per heavy atom. The summed E-state index contributed by atoms with van der Waals surface area (Å²) in [6.45, 7) is 2.03. The zero-order valence-corrected chi connectivity index (χ0v) is 13.7. The molecule has 120 valence electrons. The number of carboxylic acid groups (broad SMARTS) is 1. The topological polar surface area (TPSA) is 118 Å². The summed E-state index contributed by atoms with van der Waals surface area (Å²) in [6, 6.07) is -0.828. The first kappa shape index (κ1) is 18.5. The molecule has 9 heteroatoms. The highest BCUT2D eigenvalue weighted by molar-refractivity contribution is 8.13. The lowest BCUT2D eigenvalue weighted by molar-refractivity contribution is -0.138. The highest BCUT2D eigenvalue weighted by atomic mass is 32.2. The summed E-state index contributed by atoms with van der Waals surface area (Å²) in [4.78, 5) is 30.4. The van der Waals surface area contributed by atoms with Gasteiger partial charge in [0.1, 0.15) is 21.8 Å². The second kappa shape index (κ2) is 9.44. The van der Waals surface area contributed by atoms with Crippen LogP contribution in [0, 0.1) is 0 Å². The summed E-state index contributed by atoms with van der Waals surface area (Å²) >= 11 is 6.23. The summed E-state index contributed by atoms with van der Waals surface area (Å²) in [6.07, 6.45) is 4.85. The van der Waals surface area contributed by atoms with Gasteiger partial charge in [-0.25, -0.2) is 9.97 Å². The van der Waals surface area contributed by atoms with Crippen LogP contribution in [0.1, 0.15) is 31.9 Å². The third kappa shape index (κ3) is 6.46. The van der Waals surface area contributed by atoms with Crippen LogP contribution < -0.4 is 11.1 Å². The largest absolute Gasteiger partial charge is 0.480 e. The minimum Gasteiger partial charge on any atom is -0.480 e. The molecule has 0 saturated heterocycles. The SMILES string of the molecule is CC(=O)Sc1nccnc1C(=S)NCCCC[C@H](N)C(=O)O. The van der Waals surface area contributed by atoms with Gasteiger partial charge < -0.3 is 16.2 Å². The van der Waals surface area contributed by atoms with Crippen molar-refractivity contribution in [1.29, 1.82) is 0 Å². The Balaban J connectivity index is 2.43. The van der Waals surface area contributed by atoms with E-state index in [9.17, 15) is 9.59 Å². The van der Waals surface area contributed by atoms with E-state index in [0.717, 1.165) is 18.2 Å². The molecule has 0 aliphatic carbocycles. The van der Waals surface area contributed by atoms with E-state index in [0.29, 0.717) is 35.1 Å².